The molecule has 0 amide bonds. The second-order valence-electron chi connectivity index (χ2n) is 5.88. The van der Waals surface area contributed by atoms with E-state index in [4.69, 9.17) is 0 Å². The molecule has 1 aromatic rings. The summed E-state index contributed by atoms with van der Waals surface area (Å²) < 4.78 is 0. The number of Topliss-reactive ketones (excluding diaryl/α,β-unsaturated/α-hetero) is 1. The van der Waals surface area contributed by atoms with E-state index in [1.165, 1.54) is 0 Å². The smallest absolute Gasteiger partial charge is 0.190 e. The first kappa shape index (κ1) is 13.1. The molecule has 0 radical (unpaired) electrons. The molecule has 2 heteroatoms. The summed E-state index contributed by atoms with van der Waals surface area (Å²) in [6.45, 7) is 2.16. The average Bonchev–Trinajstić information content (AvgIpc) is 2.77. The Morgan fingerprint density at radius 1 is 1.10 bits per heavy atom. The van der Waals surface area contributed by atoms with Gasteiger partial charge in [0.05, 0.1) is 5.54 Å². The van der Waals surface area contributed by atoms with Crippen molar-refractivity contribution in [1.82, 2.24) is 4.90 Å². The Labute approximate surface area is 120 Å². The second kappa shape index (κ2) is 4.57. The number of benzene rings is 1. The maximum atomic E-state index is 12.5. The normalized spacial score (nSPS) is 24.7. The van der Waals surface area contributed by atoms with Crippen LogP contribution >= 0.6 is 0 Å². The molecule has 0 aliphatic heterocycles. The summed E-state index contributed by atoms with van der Waals surface area (Å²) in [5.41, 5.74) is 3.89. The second-order valence-corrected chi connectivity index (χ2v) is 5.88. The molecule has 0 unspecified atom stereocenters. The van der Waals surface area contributed by atoms with Crippen LogP contribution in [0.5, 0.6) is 0 Å². The van der Waals surface area contributed by atoms with Gasteiger partial charge in [0.25, 0.3) is 0 Å². The lowest BCUT2D eigenvalue weighted by atomic mass is 9.90. The Morgan fingerprint density at radius 2 is 1.75 bits per heavy atom. The van der Waals surface area contributed by atoms with E-state index in [1.807, 2.05) is 24.3 Å². The molecule has 0 saturated heterocycles. The molecule has 0 atom stereocenters. The molecule has 2 aliphatic rings. The molecule has 0 aromatic heterocycles. The Bertz CT molecular complexity index is 646. The van der Waals surface area contributed by atoms with E-state index in [1.54, 1.807) is 0 Å². The number of hydrogen-bond acceptors (Lipinski definition) is 2. The minimum Gasteiger partial charge on any atom is -0.297 e. The van der Waals surface area contributed by atoms with Crippen molar-refractivity contribution < 1.29 is 4.79 Å². The van der Waals surface area contributed by atoms with Gasteiger partial charge in [-0.3, -0.25) is 9.69 Å². The number of nitrogens with zero attached hydrogens (tertiary/aromatic N) is 1. The Kier molecular flexibility index (Phi) is 2.98. The molecule has 0 N–H and O–H groups in total. The van der Waals surface area contributed by atoms with Crippen LogP contribution in [0.4, 0.5) is 0 Å². The van der Waals surface area contributed by atoms with Crippen molar-refractivity contribution in [2.75, 3.05) is 14.1 Å². The molecule has 2 nitrogen and oxygen atoms in total. The van der Waals surface area contributed by atoms with Gasteiger partial charge in [-0.15, -0.1) is 0 Å². The molecule has 0 bridgehead atoms. The van der Waals surface area contributed by atoms with Crippen molar-refractivity contribution in [3.8, 4) is 0 Å². The third-order valence-electron chi connectivity index (χ3n) is 4.42. The first-order chi connectivity index (χ1) is 9.51. The van der Waals surface area contributed by atoms with Gasteiger partial charge in [0, 0.05) is 17.6 Å². The summed E-state index contributed by atoms with van der Waals surface area (Å²) in [6, 6.07) is 7.89. The number of allylic oxidation sites excluding steroid dienone is 4. The van der Waals surface area contributed by atoms with Gasteiger partial charge in [0.2, 0.25) is 0 Å². The highest BCUT2D eigenvalue weighted by Gasteiger charge is 2.28. The molecule has 0 heterocycles. The fourth-order valence-electron chi connectivity index (χ4n) is 2.69. The van der Waals surface area contributed by atoms with E-state index in [-0.39, 0.29) is 11.3 Å². The highest BCUT2D eigenvalue weighted by Crippen LogP contribution is 2.31. The summed E-state index contributed by atoms with van der Waals surface area (Å²) in [4.78, 5) is 14.6. The quantitative estimate of drug-likeness (QED) is 0.727. The predicted octanol–water partition coefficient (Wildman–Crippen LogP) is 3.17. The van der Waals surface area contributed by atoms with E-state index in [0.29, 0.717) is 0 Å². The van der Waals surface area contributed by atoms with Gasteiger partial charge in [-0.1, -0.05) is 48.6 Å². The fraction of sp³-hybridized carbons (Fsp3) is 0.278. The first-order valence-corrected chi connectivity index (χ1v) is 6.93. The minimum absolute atomic E-state index is 0.0709. The van der Waals surface area contributed by atoms with Crippen LogP contribution in [0.25, 0.3) is 0 Å². The molecule has 0 fully saturated rings. The Balaban J connectivity index is 1.97. The number of hydrogen-bond donors (Lipinski definition) is 0. The number of carbonyl (C=O) groups is 1. The van der Waals surface area contributed by atoms with Crippen LogP contribution in [0, 0.1) is 0 Å². The largest absolute Gasteiger partial charge is 0.297 e. The van der Waals surface area contributed by atoms with Crippen LogP contribution < -0.4 is 0 Å². The minimum atomic E-state index is -0.0709. The maximum absolute atomic E-state index is 12.5. The number of likely N-dealkylation sites (N-methyl/N-ethyl adjacent to an activating group) is 1. The predicted molar refractivity (Wildman–Crippen MR) is 81.9 cm³/mol. The van der Waals surface area contributed by atoms with E-state index < -0.39 is 0 Å². The lowest BCUT2D eigenvalue weighted by molar-refractivity contribution is 0.103. The van der Waals surface area contributed by atoms with Crippen LogP contribution in [-0.4, -0.2) is 30.3 Å². The summed E-state index contributed by atoms with van der Waals surface area (Å²) in [5, 5.41) is 0. The molecular weight excluding hydrogens is 246 g/mol. The van der Waals surface area contributed by atoms with Gasteiger partial charge in [-0.2, -0.15) is 0 Å². The standard InChI is InChI=1S/C18H19NO/c1-18(19(2)3)10-8-13(9-11-18)16-12-14-6-4-5-7-15(14)17(16)20/h4-11H,12H2,1-3H3. The van der Waals surface area contributed by atoms with Crippen LogP contribution in [0.1, 0.15) is 22.8 Å². The third kappa shape index (κ3) is 1.97. The van der Waals surface area contributed by atoms with Crippen LogP contribution in [0.2, 0.25) is 0 Å². The molecule has 2 aliphatic carbocycles. The fourth-order valence-corrected chi connectivity index (χ4v) is 2.69. The van der Waals surface area contributed by atoms with Crippen LogP contribution in [0.3, 0.4) is 0 Å². The monoisotopic (exact) mass is 265 g/mol. The van der Waals surface area contributed by atoms with Crippen molar-refractivity contribution in [2.45, 2.75) is 18.9 Å². The first-order valence-electron chi connectivity index (χ1n) is 6.93. The van der Waals surface area contributed by atoms with Gasteiger partial charge < -0.3 is 0 Å². The summed E-state index contributed by atoms with van der Waals surface area (Å²) in [7, 11) is 4.12. The molecule has 3 rings (SSSR count). The van der Waals surface area contributed by atoms with Crippen molar-refractivity contribution in [3.05, 3.63) is 70.8 Å². The molecule has 0 saturated carbocycles. The van der Waals surface area contributed by atoms with E-state index in [9.17, 15) is 4.79 Å². The lowest BCUT2D eigenvalue weighted by Gasteiger charge is -2.32. The molecular formula is C18H19NO. The molecule has 102 valence electrons. The summed E-state index contributed by atoms with van der Waals surface area (Å²) >= 11 is 0. The topological polar surface area (TPSA) is 20.3 Å². The zero-order valence-electron chi connectivity index (χ0n) is 12.2. The van der Waals surface area contributed by atoms with Gasteiger partial charge in [-0.05, 0) is 32.2 Å². The van der Waals surface area contributed by atoms with Crippen LogP contribution in [-0.2, 0) is 6.42 Å². The highest BCUT2D eigenvalue weighted by molar-refractivity contribution is 6.14. The zero-order chi connectivity index (χ0) is 14.3. The number of ketones is 1. The number of rotatable bonds is 1. The maximum Gasteiger partial charge on any atom is 0.190 e. The van der Waals surface area contributed by atoms with Gasteiger partial charge in [-0.25, -0.2) is 0 Å². The van der Waals surface area contributed by atoms with Crippen molar-refractivity contribution in [3.63, 3.8) is 0 Å². The van der Waals surface area contributed by atoms with Crippen molar-refractivity contribution >= 4 is 5.78 Å². The van der Waals surface area contributed by atoms with E-state index >= 15 is 0 Å². The van der Waals surface area contributed by atoms with Crippen molar-refractivity contribution in [2.24, 2.45) is 0 Å². The van der Waals surface area contributed by atoms with Crippen LogP contribution in [0.15, 0.2) is 59.7 Å². The summed E-state index contributed by atoms with van der Waals surface area (Å²) in [5.74, 6) is 0.179. The SMILES string of the molecule is CN(C)C1(C)C=CC(=C2Cc3ccccc3C2=O)C=C1. The Morgan fingerprint density at radius 3 is 2.35 bits per heavy atom. The molecule has 1 aromatic carbocycles. The molecule has 20 heavy (non-hydrogen) atoms. The molecule has 0 spiro atoms. The van der Waals surface area contributed by atoms with E-state index in [2.05, 4.69) is 50.2 Å². The Hall–Kier alpha value is -1.93. The highest BCUT2D eigenvalue weighted by atomic mass is 16.1. The number of carbonyl (C=O) groups excluding carboxylic acids is 1. The van der Waals surface area contributed by atoms with Gasteiger partial charge >= 0.3 is 0 Å². The number of fused-ring (bicyclic) bond motifs is 1. The third-order valence-corrected chi connectivity index (χ3v) is 4.42. The average molecular weight is 265 g/mol. The van der Waals surface area contributed by atoms with Gasteiger partial charge in [0.1, 0.15) is 0 Å². The van der Waals surface area contributed by atoms with E-state index in [0.717, 1.165) is 28.7 Å². The zero-order valence-corrected chi connectivity index (χ0v) is 12.2. The van der Waals surface area contributed by atoms with Gasteiger partial charge in [0.15, 0.2) is 5.78 Å². The van der Waals surface area contributed by atoms with Crippen molar-refractivity contribution in [1.29, 1.82) is 0 Å². The lowest BCUT2D eigenvalue weighted by Crippen LogP contribution is -2.38. The summed E-state index contributed by atoms with van der Waals surface area (Å²) in [6.07, 6.45) is 9.23.